The van der Waals surface area contributed by atoms with Crippen LogP contribution in [0.3, 0.4) is 0 Å². The number of aldehydes is 1. The summed E-state index contributed by atoms with van der Waals surface area (Å²) in [5.41, 5.74) is 2.55. The highest BCUT2D eigenvalue weighted by Gasteiger charge is 2.53. The van der Waals surface area contributed by atoms with Crippen LogP contribution in [0, 0.1) is 23.2 Å². The van der Waals surface area contributed by atoms with Crippen molar-refractivity contribution in [1.82, 2.24) is 4.57 Å². The van der Waals surface area contributed by atoms with E-state index in [2.05, 4.69) is 36.7 Å². The summed E-state index contributed by atoms with van der Waals surface area (Å²) < 4.78 is 2.36. The molecule has 3 fully saturated rings. The molecule has 2 aromatic rings. The summed E-state index contributed by atoms with van der Waals surface area (Å²) in [4.78, 5) is 11.2. The molecule has 0 saturated heterocycles. The summed E-state index contributed by atoms with van der Waals surface area (Å²) in [5.74, 6) is 2.63. The number of nitrogens with zero attached hydrogens (tertiary/aromatic N) is 1. The molecule has 0 radical (unpaired) electrons. The van der Waals surface area contributed by atoms with Crippen LogP contribution >= 0.6 is 0 Å². The molecule has 3 aliphatic carbocycles. The van der Waals surface area contributed by atoms with E-state index in [4.69, 9.17) is 0 Å². The SMILES string of the molecule is CC1(C)[C@H]2CC[C@H](Cn3ccc4c(C=O)cccc43)[C@@H]1C2. The summed E-state index contributed by atoms with van der Waals surface area (Å²) in [6.07, 6.45) is 7.32. The van der Waals surface area contributed by atoms with Crippen LogP contribution in [0.5, 0.6) is 0 Å². The van der Waals surface area contributed by atoms with Gasteiger partial charge in [0.15, 0.2) is 6.29 Å². The van der Waals surface area contributed by atoms with Gasteiger partial charge in [-0.15, -0.1) is 0 Å². The van der Waals surface area contributed by atoms with Crippen molar-refractivity contribution in [3.63, 3.8) is 0 Å². The minimum atomic E-state index is 0.541. The first kappa shape index (κ1) is 13.1. The summed E-state index contributed by atoms with van der Waals surface area (Å²) in [7, 11) is 0. The Morgan fingerprint density at radius 2 is 2.14 bits per heavy atom. The van der Waals surface area contributed by atoms with Gasteiger partial charge < -0.3 is 4.57 Å². The third-order valence-corrected chi connectivity index (χ3v) is 6.41. The molecule has 0 aliphatic heterocycles. The minimum Gasteiger partial charge on any atom is -0.347 e. The predicted octanol–water partition coefficient (Wildman–Crippen LogP) is 4.53. The molecule has 3 saturated carbocycles. The van der Waals surface area contributed by atoms with E-state index in [1.54, 1.807) is 0 Å². The van der Waals surface area contributed by atoms with Gasteiger partial charge in [0, 0.05) is 29.2 Å². The van der Waals surface area contributed by atoms with Gasteiger partial charge in [0.2, 0.25) is 0 Å². The number of fused-ring (bicyclic) bond motifs is 3. The third-order valence-electron chi connectivity index (χ3n) is 6.41. The second-order valence-corrected chi connectivity index (χ2v) is 7.56. The monoisotopic (exact) mass is 281 g/mol. The van der Waals surface area contributed by atoms with E-state index in [-0.39, 0.29) is 0 Å². The normalized spacial score (nSPS) is 30.1. The fraction of sp³-hybridized carbons (Fsp3) is 0.526. The van der Waals surface area contributed by atoms with Gasteiger partial charge in [-0.2, -0.15) is 0 Å². The number of hydrogen-bond donors (Lipinski definition) is 0. The van der Waals surface area contributed by atoms with Gasteiger partial charge in [0.05, 0.1) is 0 Å². The van der Waals surface area contributed by atoms with Crippen LogP contribution in [0.4, 0.5) is 0 Å². The Kier molecular flexibility index (Phi) is 2.79. The number of rotatable bonds is 3. The van der Waals surface area contributed by atoms with Crippen molar-refractivity contribution in [2.75, 3.05) is 0 Å². The molecule has 1 heterocycles. The number of carbonyl (C=O) groups excluding carboxylic acids is 1. The quantitative estimate of drug-likeness (QED) is 0.758. The van der Waals surface area contributed by atoms with Gasteiger partial charge >= 0.3 is 0 Å². The molecule has 0 unspecified atom stereocenters. The van der Waals surface area contributed by atoms with Gasteiger partial charge in [-0.25, -0.2) is 0 Å². The van der Waals surface area contributed by atoms with Crippen molar-refractivity contribution < 1.29 is 4.79 Å². The Hall–Kier alpha value is -1.57. The van der Waals surface area contributed by atoms with Gasteiger partial charge in [-0.05, 0) is 54.6 Å². The number of carbonyl (C=O) groups is 1. The molecule has 0 amide bonds. The number of hydrogen-bond acceptors (Lipinski definition) is 1. The van der Waals surface area contributed by atoms with Gasteiger partial charge in [0.25, 0.3) is 0 Å². The van der Waals surface area contributed by atoms with Gasteiger partial charge in [0.1, 0.15) is 0 Å². The molecule has 2 bridgehead atoms. The van der Waals surface area contributed by atoms with E-state index < -0.39 is 0 Å². The van der Waals surface area contributed by atoms with E-state index in [9.17, 15) is 4.79 Å². The van der Waals surface area contributed by atoms with Crippen molar-refractivity contribution in [2.45, 2.75) is 39.7 Å². The van der Waals surface area contributed by atoms with Crippen molar-refractivity contribution in [3.8, 4) is 0 Å². The lowest BCUT2D eigenvalue weighted by Gasteiger charge is -2.60. The third kappa shape index (κ3) is 1.81. The fourth-order valence-electron chi connectivity index (χ4n) is 4.94. The highest BCUT2D eigenvalue weighted by Crippen LogP contribution is 2.61. The zero-order valence-corrected chi connectivity index (χ0v) is 12.9. The fourth-order valence-corrected chi connectivity index (χ4v) is 4.94. The van der Waals surface area contributed by atoms with Crippen LogP contribution in [0.15, 0.2) is 30.5 Å². The summed E-state index contributed by atoms with van der Waals surface area (Å²) in [6, 6.07) is 8.13. The molecule has 1 aromatic heterocycles. The molecule has 1 aromatic carbocycles. The van der Waals surface area contributed by atoms with E-state index in [0.717, 1.165) is 41.5 Å². The molecule has 0 N–H and O–H groups in total. The smallest absolute Gasteiger partial charge is 0.150 e. The molecule has 3 atom stereocenters. The standard InChI is InChI=1S/C19H23NO/c1-19(2)15-7-6-13(17(19)10-15)11-20-9-8-16-14(12-21)4-3-5-18(16)20/h3-5,8-9,12-13,15,17H,6-7,10-11H2,1-2H3/t13-,15+,17+/m1/s1. The van der Waals surface area contributed by atoms with Crippen molar-refractivity contribution >= 4 is 17.2 Å². The Morgan fingerprint density at radius 3 is 2.86 bits per heavy atom. The molecule has 110 valence electrons. The largest absolute Gasteiger partial charge is 0.347 e. The average molecular weight is 281 g/mol. The predicted molar refractivity (Wildman–Crippen MR) is 85.4 cm³/mol. The van der Waals surface area contributed by atoms with Crippen LogP contribution in [0.25, 0.3) is 10.9 Å². The lowest BCUT2D eigenvalue weighted by atomic mass is 9.45. The summed E-state index contributed by atoms with van der Waals surface area (Å²) in [6.45, 7) is 6.01. The van der Waals surface area contributed by atoms with E-state index in [0.29, 0.717) is 5.41 Å². The second kappa shape index (κ2) is 4.46. The zero-order chi connectivity index (χ0) is 14.6. The van der Waals surface area contributed by atoms with E-state index >= 15 is 0 Å². The Labute approximate surface area is 126 Å². The zero-order valence-electron chi connectivity index (χ0n) is 12.9. The van der Waals surface area contributed by atoms with E-state index in [1.165, 1.54) is 24.8 Å². The molecule has 3 aliphatic rings. The van der Waals surface area contributed by atoms with Crippen molar-refractivity contribution in [2.24, 2.45) is 23.2 Å². The molecular weight excluding hydrogens is 258 g/mol. The second-order valence-electron chi connectivity index (χ2n) is 7.56. The Balaban J connectivity index is 1.65. The maximum absolute atomic E-state index is 11.2. The molecular formula is C19H23NO. The summed E-state index contributed by atoms with van der Waals surface area (Å²) in [5, 5.41) is 1.09. The first-order valence-corrected chi connectivity index (χ1v) is 8.14. The number of benzene rings is 1. The molecule has 0 spiro atoms. The van der Waals surface area contributed by atoms with Crippen LogP contribution in [0.2, 0.25) is 0 Å². The molecule has 21 heavy (non-hydrogen) atoms. The highest BCUT2D eigenvalue weighted by atomic mass is 16.1. The minimum absolute atomic E-state index is 0.541. The number of aromatic nitrogens is 1. The highest BCUT2D eigenvalue weighted by molar-refractivity contribution is 5.97. The van der Waals surface area contributed by atoms with Gasteiger partial charge in [-0.3, -0.25) is 4.79 Å². The Bertz CT molecular complexity index is 695. The van der Waals surface area contributed by atoms with E-state index in [1.807, 2.05) is 12.1 Å². The maximum atomic E-state index is 11.2. The first-order valence-electron chi connectivity index (χ1n) is 8.14. The molecule has 5 rings (SSSR count). The average Bonchev–Trinajstić information content (AvgIpc) is 2.90. The van der Waals surface area contributed by atoms with Crippen LogP contribution in [-0.2, 0) is 6.54 Å². The Morgan fingerprint density at radius 1 is 1.29 bits per heavy atom. The van der Waals surface area contributed by atoms with Crippen LogP contribution < -0.4 is 0 Å². The van der Waals surface area contributed by atoms with Crippen LogP contribution in [-0.4, -0.2) is 10.9 Å². The topological polar surface area (TPSA) is 22.0 Å². The first-order chi connectivity index (χ1) is 10.1. The summed E-state index contributed by atoms with van der Waals surface area (Å²) >= 11 is 0. The maximum Gasteiger partial charge on any atom is 0.150 e. The molecule has 2 nitrogen and oxygen atoms in total. The lowest BCUT2D eigenvalue weighted by Crippen LogP contribution is -2.53. The van der Waals surface area contributed by atoms with Crippen molar-refractivity contribution in [3.05, 3.63) is 36.0 Å². The van der Waals surface area contributed by atoms with Crippen LogP contribution in [0.1, 0.15) is 43.5 Å². The van der Waals surface area contributed by atoms with Gasteiger partial charge in [-0.1, -0.05) is 26.0 Å². The van der Waals surface area contributed by atoms with Crippen molar-refractivity contribution in [1.29, 1.82) is 0 Å². The molecule has 2 heteroatoms. The lowest BCUT2D eigenvalue weighted by molar-refractivity contribution is -0.108.